The molecule has 1 heterocycles. The average molecular weight is 254 g/mol. The highest BCUT2D eigenvalue weighted by Gasteiger charge is 2.23. The first kappa shape index (κ1) is 11.7. The van der Waals surface area contributed by atoms with Gasteiger partial charge in [-0.25, -0.2) is 4.39 Å². The summed E-state index contributed by atoms with van der Waals surface area (Å²) in [6, 6.07) is 13.5. The van der Waals surface area contributed by atoms with Gasteiger partial charge in [-0.2, -0.15) is 0 Å². The SMILES string of the molecule is O=CC1=Cc2ccccc2O[C@@H]1c1ccc(F)cc1. The monoisotopic (exact) mass is 254 g/mol. The molecule has 0 saturated heterocycles. The fourth-order valence-electron chi connectivity index (χ4n) is 2.15. The van der Waals surface area contributed by atoms with Crippen molar-refractivity contribution in [2.24, 2.45) is 0 Å². The van der Waals surface area contributed by atoms with Crippen LogP contribution in [-0.4, -0.2) is 6.29 Å². The number of aldehydes is 1. The number of carbonyl (C=O) groups excluding carboxylic acids is 1. The molecule has 94 valence electrons. The van der Waals surface area contributed by atoms with Crippen molar-refractivity contribution < 1.29 is 13.9 Å². The number of para-hydroxylation sites is 1. The Kier molecular flexibility index (Phi) is 2.88. The molecule has 0 radical (unpaired) electrons. The molecule has 1 atom stereocenters. The minimum Gasteiger partial charge on any atom is -0.480 e. The van der Waals surface area contributed by atoms with Crippen LogP contribution in [0.15, 0.2) is 54.1 Å². The molecule has 1 aliphatic heterocycles. The van der Waals surface area contributed by atoms with Crippen molar-refractivity contribution in [3.05, 3.63) is 71.0 Å². The minimum atomic E-state index is -0.479. The smallest absolute Gasteiger partial charge is 0.152 e. The van der Waals surface area contributed by atoms with Crippen molar-refractivity contribution in [3.8, 4) is 5.75 Å². The summed E-state index contributed by atoms with van der Waals surface area (Å²) >= 11 is 0. The van der Waals surface area contributed by atoms with Crippen LogP contribution in [0.2, 0.25) is 0 Å². The number of hydrogen-bond acceptors (Lipinski definition) is 2. The first-order chi connectivity index (χ1) is 9.28. The molecule has 0 aliphatic carbocycles. The Bertz CT molecular complexity index is 644. The van der Waals surface area contributed by atoms with E-state index in [2.05, 4.69) is 0 Å². The number of carbonyl (C=O) groups is 1. The zero-order chi connectivity index (χ0) is 13.2. The number of benzene rings is 2. The van der Waals surface area contributed by atoms with Crippen LogP contribution in [0.25, 0.3) is 6.08 Å². The number of halogens is 1. The molecular formula is C16H11FO2. The van der Waals surface area contributed by atoms with Gasteiger partial charge in [0, 0.05) is 11.1 Å². The molecule has 19 heavy (non-hydrogen) atoms. The van der Waals surface area contributed by atoms with Crippen LogP contribution in [0.3, 0.4) is 0 Å². The summed E-state index contributed by atoms with van der Waals surface area (Å²) in [6.07, 6.45) is 2.11. The zero-order valence-electron chi connectivity index (χ0n) is 10.0. The molecule has 1 aliphatic rings. The summed E-state index contributed by atoms with van der Waals surface area (Å²) in [5, 5.41) is 0. The van der Waals surface area contributed by atoms with Crippen molar-refractivity contribution in [3.63, 3.8) is 0 Å². The summed E-state index contributed by atoms with van der Waals surface area (Å²) in [4.78, 5) is 11.2. The van der Waals surface area contributed by atoms with Gasteiger partial charge in [-0.15, -0.1) is 0 Å². The highest BCUT2D eigenvalue weighted by atomic mass is 19.1. The van der Waals surface area contributed by atoms with Gasteiger partial charge in [-0.05, 0) is 29.8 Å². The number of hydrogen-bond donors (Lipinski definition) is 0. The quantitative estimate of drug-likeness (QED) is 0.766. The normalized spacial score (nSPS) is 17.1. The number of ether oxygens (including phenoxy) is 1. The Morgan fingerprint density at radius 1 is 1.05 bits per heavy atom. The maximum absolute atomic E-state index is 12.9. The molecular weight excluding hydrogens is 243 g/mol. The van der Waals surface area contributed by atoms with Gasteiger partial charge in [0.1, 0.15) is 17.9 Å². The lowest BCUT2D eigenvalue weighted by atomic mass is 9.97. The molecule has 3 heteroatoms. The Labute approximate surface area is 110 Å². The predicted octanol–water partition coefficient (Wildman–Crippen LogP) is 3.54. The van der Waals surface area contributed by atoms with Crippen molar-refractivity contribution in [2.75, 3.05) is 0 Å². The van der Waals surface area contributed by atoms with Crippen molar-refractivity contribution in [1.29, 1.82) is 0 Å². The maximum atomic E-state index is 12.9. The van der Waals surface area contributed by atoms with Gasteiger partial charge in [0.25, 0.3) is 0 Å². The molecule has 3 rings (SSSR count). The van der Waals surface area contributed by atoms with Crippen molar-refractivity contribution in [1.82, 2.24) is 0 Å². The number of rotatable bonds is 2. The van der Waals surface area contributed by atoms with E-state index in [0.717, 1.165) is 23.2 Å². The van der Waals surface area contributed by atoms with Crippen LogP contribution < -0.4 is 4.74 Å². The highest BCUT2D eigenvalue weighted by molar-refractivity contribution is 5.85. The van der Waals surface area contributed by atoms with E-state index < -0.39 is 6.10 Å². The molecule has 2 aromatic carbocycles. The fraction of sp³-hybridized carbons (Fsp3) is 0.0625. The van der Waals surface area contributed by atoms with Crippen molar-refractivity contribution >= 4 is 12.4 Å². The lowest BCUT2D eigenvalue weighted by molar-refractivity contribution is -0.105. The summed E-state index contributed by atoms with van der Waals surface area (Å²) in [5.41, 5.74) is 2.17. The Hall–Kier alpha value is -2.42. The van der Waals surface area contributed by atoms with Crippen LogP contribution in [0.5, 0.6) is 5.75 Å². The van der Waals surface area contributed by atoms with Crippen LogP contribution >= 0.6 is 0 Å². The van der Waals surface area contributed by atoms with E-state index in [9.17, 15) is 9.18 Å². The van der Waals surface area contributed by atoms with Gasteiger partial charge in [-0.3, -0.25) is 4.79 Å². The Morgan fingerprint density at radius 2 is 1.79 bits per heavy atom. The average Bonchev–Trinajstić information content (AvgIpc) is 2.46. The van der Waals surface area contributed by atoms with Crippen molar-refractivity contribution in [2.45, 2.75) is 6.10 Å². The molecule has 0 saturated carbocycles. The summed E-state index contributed by atoms with van der Waals surface area (Å²) < 4.78 is 18.8. The van der Waals surface area contributed by atoms with E-state index >= 15 is 0 Å². The minimum absolute atomic E-state index is 0.309. The van der Waals surface area contributed by atoms with Gasteiger partial charge >= 0.3 is 0 Å². The molecule has 0 fully saturated rings. The first-order valence-electron chi connectivity index (χ1n) is 5.96. The Balaban J connectivity index is 2.04. The van der Waals surface area contributed by atoms with Gasteiger partial charge in [0.2, 0.25) is 0 Å². The maximum Gasteiger partial charge on any atom is 0.152 e. The second-order valence-corrected chi connectivity index (χ2v) is 4.35. The fourth-order valence-corrected chi connectivity index (χ4v) is 2.15. The Morgan fingerprint density at radius 3 is 2.53 bits per heavy atom. The molecule has 0 amide bonds. The van der Waals surface area contributed by atoms with Gasteiger partial charge < -0.3 is 4.74 Å². The third-order valence-corrected chi connectivity index (χ3v) is 3.10. The third-order valence-electron chi connectivity index (χ3n) is 3.10. The molecule has 0 spiro atoms. The van der Waals surface area contributed by atoms with E-state index in [0.29, 0.717) is 5.57 Å². The molecule has 0 unspecified atom stereocenters. The lowest BCUT2D eigenvalue weighted by Gasteiger charge is -2.25. The van der Waals surface area contributed by atoms with E-state index in [1.54, 1.807) is 18.2 Å². The predicted molar refractivity (Wildman–Crippen MR) is 70.3 cm³/mol. The lowest BCUT2D eigenvalue weighted by Crippen LogP contribution is -2.15. The third kappa shape index (κ3) is 2.15. The van der Waals surface area contributed by atoms with Gasteiger partial charge in [0.15, 0.2) is 6.10 Å². The van der Waals surface area contributed by atoms with Gasteiger partial charge in [-0.1, -0.05) is 30.3 Å². The number of fused-ring (bicyclic) bond motifs is 1. The molecule has 0 bridgehead atoms. The van der Waals surface area contributed by atoms with Crippen LogP contribution in [0.1, 0.15) is 17.2 Å². The van der Waals surface area contributed by atoms with E-state index in [1.807, 2.05) is 24.3 Å². The van der Waals surface area contributed by atoms with Gasteiger partial charge in [0.05, 0.1) is 0 Å². The van der Waals surface area contributed by atoms with Crippen LogP contribution in [0.4, 0.5) is 4.39 Å². The second-order valence-electron chi connectivity index (χ2n) is 4.35. The van der Waals surface area contributed by atoms with E-state index in [-0.39, 0.29) is 5.82 Å². The molecule has 2 nitrogen and oxygen atoms in total. The van der Waals surface area contributed by atoms with E-state index in [1.165, 1.54) is 12.1 Å². The second kappa shape index (κ2) is 4.69. The first-order valence-corrected chi connectivity index (χ1v) is 5.96. The van der Waals surface area contributed by atoms with Crippen LogP contribution in [0, 0.1) is 5.82 Å². The highest BCUT2D eigenvalue weighted by Crippen LogP contribution is 2.36. The standard InChI is InChI=1S/C16H11FO2/c17-14-7-5-11(6-8-14)16-13(10-18)9-12-3-1-2-4-15(12)19-16/h1-10,16H/t16-/m1/s1. The van der Waals surface area contributed by atoms with E-state index in [4.69, 9.17) is 4.74 Å². The molecule has 0 N–H and O–H groups in total. The van der Waals surface area contributed by atoms with Crippen LogP contribution in [-0.2, 0) is 4.79 Å². The zero-order valence-corrected chi connectivity index (χ0v) is 10.0. The summed E-state index contributed by atoms with van der Waals surface area (Å²) in [7, 11) is 0. The topological polar surface area (TPSA) is 26.3 Å². The largest absolute Gasteiger partial charge is 0.480 e. The molecule has 0 aromatic heterocycles. The summed E-state index contributed by atoms with van der Waals surface area (Å²) in [6.45, 7) is 0. The summed E-state index contributed by atoms with van der Waals surface area (Å²) in [5.74, 6) is 0.416. The molecule has 2 aromatic rings.